The van der Waals surface area contributed by atoms with E-state index in [1.54, 1.807) is 0 Å². The first kappa shape index (κ1) is 11.7. The van der Waals surface area contributed by atoms with Crippen molar-refractivity contribution < 1.29 is 9.47 Å². The fourth-order valence-corrected chi connectivity index (χ4v) is 1.61. The molecule has 0 aromatic carbocycles. The lowest BCUT2D eigenvalue weighted by Crippen LogP contribution is -2.42. The summed E-state index contributed by atoms with van der Waals surface area (Å²) in [6.45, 7) is 12.1. The number of hydrogen-bond acceptors (Lipinski definition) is 2. The van der Waals surface area contributed by atoms with Gasteiger partial charge in [-0.1, -0.05) is 26.0 Å². The molecular weight excluding hydrogens is 176 g/mol. The largest absolute Gasteiger partial charge is 0.347 e. The Morgan fingerprint density at radius 1 is 1.36 bits per heavy atom. The SMILES string of the molecule is [CH2][C@@H]1C[C@H](/C=C/C(C)C)OC(C)(C)O1. The predicted octanol–water partition coefficient (Wildman–Crippen LogP) is 2.94. The lowest BCUT2D eigenvalue weighted by atomic mass is 10.1. The lowest BCUT2D eigenvalue weighted by molar-refractivity contribution is -0.281. The first-order chi connectivity index (χ1) is 6.39. The van der Waals surface area contributed by atoms with Crippen LogP contribution in [0.25, 0.3) is 0 Å². The lowest BCUT2D eigenvalue weighted by Gasteiger charge is -2.38. The van der Waals surface area contributed by atoms with Gasteiger partial charge >= 0.3 is 0 Å². The van der Waals surface area contributed by atoms with Crippen LogP contribution in [-0.2, 0) is 9.47 Å². The highest BCUT2D eigenvalue weighted by Crippen LogP contribution is 2.26. The van der Waals surface area contributed by atoms with Gasteiger partial charge in [0.25, 0.3) is 0 Å². The molecule has 0 unspecified atom stereocenters. The van der Waals surface area contributed by atoms with E-state index in [1.807, 2.05) is 13.8 Å². The zero-order valence-corrected chi connectivity index (χ0v) is 9.62. The van der Waals surface area contributed by atoms with Crippen LogP contribution in [0.4, 0.5) is 0 Å². The van der Waals surface area contributed by atoms with E-state index >= 15 is 0 Å². The summed E-state index contributed by atoms with van der Waals surface area (Å²) < 4.78 is 11.3. The molecule has 0 N–H and O–H groups in total. The van der Waals surface area contributed by atoms with Crippen molar-refractivity contribution in [3.63, 3.8) is 0 Å². The maximum atomic E-state index is 5.75. The van der Waals surface area contributed by atoms with Gasteiger partial charge in [0.1, 0.15) is 0 Å². The van der Waals surface area contributed by atoms with E-state index in [9.17, 15) is 0 Å². The molecule has 1 aliphatic heterocycles. The van der Waals surface area contributed by atoms with Crippen LogP contribution >= 0.6 is 0 Å². The van der Waals surface area contributed by atoms with Crippen molar-refractivity contribution in [3.05, 3.63) is 19.1 Å². The van der Waals surface area contributed by atoms with E-state index in [0.29, 0.717) is 5.92 Å². The summed E-state index contributed by atoms with van der Waals surface area (Å²) in [6, 6.07) is 0. The molecule has 1 rings (SSSR count). The van der Waals surface area contributed by atoms with Gasteiger partial charge in [0.15, 0.2) is 5.79 Å². The van der Waals surface area contributed by atoms with Crippen molar-refractivity contribution in [3.8, 4) is 0 Å². The quantitative estimate of drug-likeness (QED) is 0.634. The van der Waals surface area contributed by atoms with Gasteiger partial charge in [-0.25, -0.2) is 0 Å². The maximum absolute atomic E-state index is 5.75. The van der Waals surface area contributed by atoms with Crippen molar-refractivity contribution in [2.45, 2.75) is 52.1 Å². The summed E-state index contributed by atoms with van der Waals surface area (Å²) in [4.78, 5) is 0. The second kappa shape index (κ2) is 4.45. The van der Waals surface area contributed by atoms with Crippen molar-refractivity contribution in [1.29, 1.82) is 0 Å². The van der Waals surface area contributed by atoms with Crippen LogP contribution in [0.1, 0.15) is 34.1 Å². The molecule has 2 nitrogen and oxygen atoms in total. The van der Waals surface area contributed by atoms with E-state index < -0.39 is 5.79 Å². The van der Waals surface area contributed by atoms with Crippen LogP contribution in [-0.4, -0.2) is 18.0 Å². The zero-order valence-electron chi connectivity index (χ0n) is 9.62. The molecule has 2 heteroatoms. The minimum atomic E-state index is -0.503. The van der Waals surface area contributed by atoms with Gasteiger partial charge in [0.2, 0.25) is 0 Å². The van der Waals surface area contributed by atoms with E-state index in [4.69, 9.17) is 9.47 Å². The molecule has 0 aromatic heterocycles. The van der Waals surface area contributed by atoms with E-state index in [2.05, 4.69) is 32.9 Å². The van der Waals surface area contributed by atoms with Crippen molar-refractivity contribution in [1.82, 2.24) is 0 Å². The Morgan fingerprint density at radius 3 is 2.50 bits per heavy atom. The molecule has 2 atom stereocenters. The zero-order chi connectivity index (χ0) is 10.8. The summed E-state index contributed by atoms with van der Waals surface area (Å²) >= 11 is 0. The van der Waals surface area contributed by atoms with Gasteiger partial charge in [-0.3, -0.25) is 0 Å². The Kier molecular flexibility index (Phi) is 3.73. The standard InChI is InChI=1S/C12H21O2/c1-9(2)6-7-11-8-10(3)13-12(4,5)14-11/h6-7,9-11H,3,8H2,1-2,4-5H3/b7-6+/t10-,11+/m1/s1. The molecular formula is C12H21O2. The van der Waals surface area contributed by atoms with E-state index in [-0.39, 0.29) is 12.2 Å². The Hall–Kier alpha value is -0.340. The van der Waals surface area contributed by atoms with Crippen LogP contribution in [0.5, 0.6) is 0 Å². The Bertz CT molecular complexity index is 206. The van der Waals surface area contributed by atoms with Gasteiger partial charge in [-0.15, -0.1) is 0 Å². The highest BCUT2D eigenvalue weighted by atomic mass is 16.7. The number of ether oxygens (including phenoxy) is 2. The molecule has 0 amide bonds. The molecule has 0 aromatic rings. The Balaban J connectivity index is 2.54. The molecule has 1 radical (unpaired) electrons. The van der Waals surface area contributed by atoms with Crippen molar-refractivity contribution in [2.75, 3.05) is 0 Å². The molecule has 0 spiro atoms. The second-order valence-corrected chi connectivity index (χ2v) is 4.66. The first-order valence-corrected chi connectivity index (χ1v) is 5.26. The number of allylic oxidation sites excluding steroid dienone is 1. The van der Waals surface area contributed by atoms with E-state index in [0.717, 1.165) is 6.42 Å². The summed E-state index contributed by atoms with van der Waals surface area (Å²) in [7, 11) is 0. The number of hydrogen-bond donors (Lipinski definition) is 0. The predicted molar refractivity (Wildman–Crippen MR) is 57.8 cm³/mol. The Labute approximate surface area is 87.3 Å². The van der Waals surface area contributed by atoms with Gasteiger partial charge in [-0.2, -0.15) is 0 Å². The highest BCUT2D eigenvalue weighted by Gasteiger charge is 2.32. The molecule has 81 valence electrons. The third-order valence-corrected chi connectivity index (χ3v) is 2.09. The smallest absolute Gasteiger partial charge is 0.163 e. The van der Waals surface area contributed by atoms with Crippen LogP contribution in [0.15, 0.2) is 12.2 Å². The van der Waals surface area contributed by atoms with Gasteiger partial charge in [-0.05, 0) is 26.7 Å². The highest BCUT2D eigenvalue weighted by molar-refractivity contribution is 4.95. The van der Waals surface area contributed by atoms with Crippen LogP contribution in [0, 0.1) is 12.8 Å². The summed E-state index contributed by atoms with van der Waals surface area (Å²) in [5.74, 6) is 0.0595. The summed E-state index contributed by atoms with van der Waals surface area (Å²) in [6.07, 6.45) is 5.29. The topological polar surface area (TPSA) is 18.5 Å². The average molecular weight is 197 g/mol. The molecule has 0 bridgehead atoms. The van der Waals surface area contributed by atoms with E-state index in [1.165, 1.54) is 0 Å². The molecule has 0 saturated carbocycles. The monoisotopic (exact) mass is 197 g/mol. The molecule has 1 saturated heterocycles. The Morgan fingerprint density at radius 2 is 2.00 bits per heavy atom. The van der Waals surface area contributed by atoms with Crippen molar-refractivity contribution >= 4 is 0 Å². The van der Waals surface area contributed by atoms with Gasteiger partial charge < -0.3 is 9.47 Å². The molecule has 1 aliphatic rings. The fraction of sp³-hybridized carbons (Fsp3) is 0.750. The first-order valence-electron chi connectivity index (χ1n) is 5.26. The average Bonchev–Trinajstić information content (AvgIpc) is 1.96. The van der Waals surface area contributed by atoms with Gasteiger partial charge in [0, 0.05) is 6.42 Å². The fourth-order valence-electron chi connectivity index (χ4n) is 1.61. The molecule has 1 fully saturated rings. The third-order valence-electron chi connectivity index (χ3n) is 2.09. The second-order valence-electron chi connectivity index (χ2n) is 4.66. The van der Waals surface area contributed by atoms with Crippen LogP contribution in [0.3, 0.4) is 0 Å². The molecule has 1 heterocycles. The molecule has 0 aliphatic carbocycles. The minimum Gasteiger partial charge on any atom is -0.347 e. The molecule has 14 heavy (non-hydrogen) atoms. The third kappa shape index (κ3) is 3.81. The van der Waals surface area contributed by atoms with Crippen LogP contribution < -0.4 is 0 Å². The summed E-state index contributed by atoms with van der Waals surface area (Å²) in [5, 5.41) is 0. The normalized spacial score (nSPS) is 32.7. The van der Waals surface area contributed by atoms with Gasteiger partial charge in [0.05, 0.1) is 12.2 Å². The minimum absolute atomic E-state index is 0.0283. The maximum Gasteiger partial charge on any atom is 0.163 e. The van der Waals surface area contributed by atoms with Crippen LogP contribution in [0.2, 0.25) is 0 Å². The number of rotatable bonds is 2. The van der Waals surface area contributed by atoms with Crippen molar-refractivity contribution in [2.24, 2.45) is 5.92 Å². The summed E-state index contributed by atoms with van der Waals surface area (Å²) in [5.41, 5.74) is 0.